The van der Waals surface area contributed by atoms with Gasteiger partial charge in [0, 0.05) is 44.9 Å². The second-order valence-electron chi connectivity index (χ2n) is 6.01. The van der Waals surface area contributed by atoms with Gasteiger partial charge in [0.2, 0.25) is 5.91 Å². The number of nitrogens with zero attached hydrogens (tertiary/aromatic N) is 2. The first-order valence-corrected chi connectivity index (χ1v) is 7.16. The highest BCUT2D eigenvalue weighted by atomic mass is 32.1. The molecule has 0 N–H and O–H groups in total. The molecule has 0 bridgehead atoms. The van der Waals surface area contributed by atoms with Crippen LogP contribution in [0.1, 0.15) is 33.6 Å². The fourth-order valence-electron chi connectivity index (χ4n) is 2.00. The van der Waals surface area contributed by atoms with Crippen LogP contribution in [0, 0.1) is 5.41 Å². The standard InChI is InChI=1S/C13H26N2OS/c1-13(2,3)5-4-12(16)15-8-6-14(7-9-15)10-11-17/h17H,4-11H2,1-3H3. The Labute approximate surface area is 111 Å². The van der Waals surface area contributed by atoms with E-state index in [9.17, 15) is 4.79 Å². The van der Waals surface area contributed by atoms with E-state index in [4.69, 9.17) is 0 Å². The van der Waals surface area contributed by atoms with Crippen molar-refractivity contribution in [3.63, 3.8) is 0 Å². The van der Waals surface area contributed by atoms with Crippen LogP contribution in [0.2, 0.25) is 0 Å². The Morgan fingerprint density at radius 3 is 2.24 bits per heavy atom. The van der Waals surface area contributed by atoms with Gasteiger partial charge in [-0.3, -0.25) is 9.69 Å². The van der Waals surface area contributed by atoms with Crippen molar-refractivity contribution >= 4 is 18.5 Å². The molecule has 1 rings (SSSR count). The van der Waals surface area contributed by atoms with E-state index in [0.29, 0.717) is 12.3 Å². The number of amides is 1. The fraction of sp³-hybridized carbons (Fsp3) is 0.923. The number of hydrogen-bond donors (Lipinski definition) is 1. The summed E-state index contributed by atoms with van der Waals surface area (Å²) in [7, 11) is 0. The van der Waals surface area contributed by atoms with Gasteiger partial charge in [0.25, 0.3) is 0 Å². The van der Waals surface area contributed by atoms with Crippen molar-refractivity contribution < 1.29 is 4.79 Å². The van der Waals surface area contributed by atoms with E-state index in [2.05, 4.69) is 38.3 Å². The molecule has 1 aliphatic heterocycles. The van der Waals surface area contributed by atoms with E-state index in [1.165, 1.54) is 0 Å². The summed E-state index contributed by atoms with van der Waals surface area (Å²) in [5, 5.41) is 0. The van der Waals surface area contributed by atoms with Crippen molar-refractivity contribution in [3.05, 3.63) is 0 Å². The van der Waals surface area contributed by atoms with E-state index in [-0.39, 0.29) is 5.41 Å². The van der Waals surface area contributed by atoms with Gasteiger partial charge in [-0.1, -0.05) is 20.8 Å². The predicted octanol–water partition coefficient (Wildman–Crippen LogP) is 1.89. The maximum Gasteiger partial charge on any atom is 0.222 e. The van der Waals surface area contributed by atoms with E-state index >= 15 is 0 Å². The van der Waals surface area contributed by atoms with Gasteiger partial charge in [-0.15, -0.1) is 0 Å². The van der Waals surface area contributed by atoms with Gasteiger partial charge in [0.1, 0.15) is 0 Å². The topological polar surface area (TPSA) is 23.6 Å². The largest absolute Gasteiger partial charge is 0.340 e. The second kappa shape index (κ2) is 6.64. The van der Waals surface area contributed by atoms with Crippen molar-refractivity contribution in [2.45, 2.75) is 33.6 Å². The van der Waals surface area contributed by atoms with Crippen LogP contribution in [0.25, 0.3) is 0 Å². The normalized spacial score (nSPS) is 18.5. The zero-order chi connectivity index (χ0) is 12.9. The number of rotatable bonds is 4. The molecule has 1 heterocycles. The summed E-state index contributed by atoms with van der Waals surface area (Å²) in [6.07, 6.45) is 1.67. The van der Waals surface area contributed by atoms with Gasteiger partial charge in [-0.2, -0.15) is 12.6 Å². The molecule has 4 heteroatoms. The third-order valence-electron chi connectivity index (χ3n) is 3.23. The number of piperazine rings is 1. The van der Waals surface area contributed by atoms with E-state index in [0.717, 1.165) is 44.9 Å². The lowest BCUT2D eigenvalue weighted by atomic mass is 9.90. The molecule has 1 saturated heterocycles. The molecule has 0 unspecified atom stereocenters. The first-order chi connectivity index (χ1) is 7.92. The van der Waals surface area contributed by atoms with Gasteiger partial charge < -0.3 is 4.90 Å². The van der Waals surface area contributed by atoms with Crippen molar-refractivity contribution in [2.24, 2.45) is 5.41 Å². The summed E-state index contributed by atoms with van der Waals surface area (Å²) in [6, 6.07) is 0. The smallest absolute Gasteiger partial charge is 0.222 e. The number of carbonyl (C=O) groups excluding carboxylic acids is 1. The molecular weight excluding hydrogens is 232 g/mol. The Morgan fingerprint density at radius 1 is 1.18 bits per heavy atom. The molecule has 0 aromatic heterocycles. The molecule has 0 radical (unpaired) electrons. The van der Waals surface area contributed by atoms with Crippen LogP contribution in [0.3, 0.4) is 0 Å². The molecular formula is C13H26N2OS. The zero-order valence-electron chi connectivity index (χ0n) is 11.4. The molecule has 1 amide bonds. The fourth-order valence-corrected chi connectivity index (χ4v) is 2.29. The Morgan fingerprint density at radius 2 is 1.76 bits per heavy atom. The number of thiol groups is 1. The highest BCUT2D eigenvalue weighted by Crippen LogP contribution is 2.21. The predicted molar refractivity (Wildman–Crippen MR) is 75.6 cm³/mol. The molecule has 1 aliphatic rings. The van der Waals surface area contributed by atoms with Crippen molar-refractivity contribution in [1.82, 2.24) is 9.80 Å². The Hall–Kier alpha value is -0.220. The summed E-state index contributed by atoms with van der Waals surface area (Å²) in [6.45, 7) is 11.4. The van der Waals surface area contributed by atoms with Crippen LogP contribution in [-0.2, 0) is 4.79 Å². The minimum absolute atomic E-state index is 0.253. The van der Waals surface area contributed by atoms with Crippen molar-refractivity contribution in [2.75, 3.05) is 38.5 Å². The molecule has 0 aromatic rings. The van der Waals surface area contributed by atoms with Gasteiger partial charge in [0.15, 0.2) is 0 Å². The van der Waals surface area contributed by atoms with Gasteiger partial charge in [-0.05, 0) is 11.8 Å². The maximum absolute atomic E-state index is 12.0. The van der Waals surface area contributed by atoms with Gasteiger partial charge in [-0.25, -0.2) is 0 Å². The van der Waals surface area contributed by atoms with Crippen molar-refractivity contribution in [3.8, 4) is 0 Å². The monoisotopic (exact) mass is 258 g/mol. The molecule has 17 heavy (non-hydrogen) atoms. The summed E-state index contributed by atoms with van der Waals surface area (Å²) < 4.78 is 0. The molecule has 0 saturated carbocycles. The number of hydrogen-bond acceptors (Lipinski definition) is 3. The first-order valence-electron chi connectivity index (χ1n) is 6.53. The quantitative estimate of drug-likeness (QED) is 0.779. The van der Waals surface area contributed by atoms with Gasteiger partial charge >= 0.3 is 0 Å². The Bertz CT molecular complexity index is 242. The minimum Gasteiger partial charge on any atom is -0.340 e. The minimum atomic E-state index is 0.253. The summed E-state index contributed by atoms with van der Waals surface area (Å²) in [5.74, 6) is 1.23. The van der Waals surface area contributed by atoms with Crippen LogP contribution in [0.5, 0.6) is 0 Å². The maximum atomic E-state index is 12.0. The van der Waals surface area contributed by atoms with Crippen LogP contribution in [-0.4, -0.2) is 54.2 Å². The molecule has 0 spiro atoms. The third kappa shape index (κ3) is 5.77. The van der Waals surface area contributed by atoms with Gasteiger partial charge in [0.05, 0.1) is 0 Å². The highest BCUT2D eigenvalue weighted by molar-refractivity contribution is 7.80. The Kier molecular flexibility index (Phi) is 5.80. The molecule has 0 atom stereocenters. The van der Waals surface area contributed by atoms with Crippen molar-refractivity contribution in [1.29, 1.82) is 0 Å². The summed E-state index contributed by atoms with van der Waals surface area (Å²) >= 11 is 4.24. The summed E-state index contributed by atoms with van der Waals surface area (Å²) in [4.78, 5) is 16.4. The van der Waals surface area contributed by atoms with E-state index in [1.807, 2.05) is 4.90 Å². The average Bonchev–Trinajstić information content (AvgIpc) is 2.26. The Balaban J connectivity index is 2.26. The molecule has 3 nitrogen and oxygen atoms in total. The lowest BCUT2D eigenvalue weighted by Gasteiger charge is -2.35. The van der Waals surface area contributed by atoms with Crippen LogP contribution >= 0.6 is 12.6 Å². The SMILES string of the molecule is CC(C)(C)CCC(=O)N1CCN(CCS)CC1. The second-order valence-corrected chi connectivity index (χ2v) is 6.45. The molecule has 0 aliphatic carbocycles. The zero-order valence-corrected chi connectivity index (χ0v) is 12.3. The third-order valence-corrected chi connectivity index (χ3v) is 3.43. The highest BCUT2D eigenvalue weighted by Gasteiger charge is 2.21. The van der Waals surface area contributed by atoms with Crippen LogP contribution in [0.15, 0.2) is 0 Å². The van der Waals surface area contributed by atoms with Crippen LogP contribution < -0.4 is 0 Å². The van der Waals surface area contributed by atoms with Crippen LogP contribution in [0.4, 0.5) is 0 Å². The number of carbonyl (C=O) groups is 1. The first kappa shape index (κ1) is 14.8. The molecule has 1 fully saturated rings. The molecule has 0 aromatic carbocycles. The lowest BCUT2D eigenvalue weighted by Crippen LogP contribution is -2.49. The molecule has 100 valence electrons. The van der Waals surface area contributed by atoms with E-state index in [1.54, 1.807) is 0 Å². The van der Waals surface area contributed by atoms with E-state index < -0.39 is 0 Å². The average molecular weight is 258 g/mol. The lowest BCUT2D eigenvalue weighted by molar-refractivity contribution is -0.133. The summed E-state index contributed by atoms with van der Waals surface area (Å²) in [5.41, 5.74) is 0.253.